The van der Waals surface area contributed by atoms with Crippen molar-refractivity contribution in [3.05, 3.63) is 84.4 Å². The van der Waals surface area contributed by atoms with Crippen LogP contribution in [0.4, 0.5) is 5.69 Å². The van der Waals surface area contributed by atoms with E-state index in [1.165, 1.54) is 24.1 Å². The van der Waals surface area contributed by atoms with Crippen LogP contribution in [0.3, 0.4) is 0 Å². The third kappa shape index (κ3) is 7.53. The fraction of sp³-hybridized carbons (Fsp3) is 0.333. The van der Waals surface area contributed by atoms with E-state index in [1.54, 1.807) is 67.8 Å². The van der Waals surface area contributed by atoms with E-state index in [-0.39, 0.29) is 17.3 Å². The lowest BCUT2D eigenvalue weighted by molar-refractivity contribution is -0.140. The lowest BCUT2D eigenvalue weighted by Crippen LogP contribution is -2.52. The zero-order valence-corrected chi connectivity index (χ0v) is 24.2. The normalized spacial score (nSPS) is 11.8. The lowest BCUT2D eigenvalue weighted by atomic mass is 10.1. The molecule has 0 radical (unpaired) electrons. The highest BCUT2D eigenvalue weighted by Crippen LogP contribution is 2.26. The number of anilines is 1. The van der Waals surface area contributed by atoms with Crippen LogP contribution in [0.2, 0.25) is 0 Å². The highest BCUT2D eigenvalue weighted by Gasteiger charge is 2.33. The molecule has 1 atom stereocenters. The van der Waals surface area contributed by atoms with Gasteiger partial charge >= 0.3 is 0 Å². The Morgan fingerprint density at radius 1 is 0.875 bits per heavy atom. The second-order valence-electron chi connectivity index (χ2n) is 9.11. The molecule has 3 rings (SSSR count). The molecule has 0 bridgehead atoms. The second-order valence-corrected chi connectivity index (χ2v) is 11.0. The van der Waals surface area contributed by atoms with Crippen molar-refractivity contribution in [2.24, 2.45) is 0 Å². The minimum Gasteiger partial charge on any atom is -0.497 e. The molecule has 0 heterocycles. The van der Waals surface area contributed by atoms with Gasteiger partial charge in [-0.15, -0.1) is 0 Å². The van der Waals surface area contributed by atoms with Gasteiger partial charge in [-0.1, -0.05) is 44.2 Å². The third-order valence-electron chi connectivity index (χ3n) is 6.39. The van der Waals surface area contributed by atoms with Gasteiger partial charge in [0.15, 0.2) is 0 Å². The number of hydrogen-bond acceptors (Lipinski definition) is 6. The molecule has 0 saturated heterocycles. The SMILES string of the molecule is CCCNC(=O)[C@H](CC)N(Cc1cccc(OC)c1)C(=O)CN(c1ccccc1)S(=O)(=O)c1ccc(OC)cc1. The Bertz CT molecular complexity index is 1360. The van der Waals surface area contributed by atoms with Crippen molar-refractivity contribution in [3.63, 3.8) is 0 Å². The van der Waals surface area contributed by atoms with E-state index in [0.29, 0.717) is 30.2 Å². The van der Waals surface area contributed by atoms with Crippen LogP contribution >= 0.6 is 0 Å². The Labute approximate surface area is 236 Å². The van der Waals surface area contributed by atoms with Gasteiger partial charge in [-0.3, -0.25) is 13.9 Å². The van der Waals surface area contributed by atoms with Gasteiger partial charge in [0, 0.05) is 13.1 Å². The van der Waals surface area contributed by atoms with Crippen LogP contribution in [0.5, 0.6) is 11.5 Å². The average molecular weight is 568 g/mol. The average Bonchev–Trinajstić information content (AvgIpc) is 2.98. The molecule has 3 aromatic carbocycles. The largest absolute Gasteiger partial charge is 0.497 e. The van der Waals surface area contributed by atoms with Gasteiger partial charge in [0.1, 0.15) is 24.1 Å². The van der Waals surface area contributed by atoms with Crippen molar-refractivity contribution in [2.45, 2.75) is 44.2 Å². The minimum atomic E-state index is -4.15. The second kappa shape index (κ2) is 14.4. The quantitative estimate of drug-likeness (QED) is 0.313. The molecule has 0 aliphatic carbocycles. The van der Waals surface area contributed by atoms with E-state index in [9.17, 15) is 18.0 Å². The van der Waals surface area contributed by atoms with Crippen LogP contribution in [-0.2, 0) is 26.2 Å². The third-order valence-corrected chi connectivity index (χ3v) is 8.18. The van der Waals surface area contributed by atoms with Gasteiger partial charge in [-0.25, -0.2) is 8.42 Å². The molecule has 1 N–H and O–H groups in total. The number of para-hydroxylation sites is 1. The molecule has 0 unspecified atom stereocenters. The smallest absolute Gasteiger partial charge is 0.264 e. The number of nitrogens with zero attached hydrogens (tertiary/aromatic N) is 2. The molecule has 10 heteroatoms. The zero-order chi connectivity index (χ0) is 29.1. The van der Waals surface area contributed by atoms with Crippen molar-refractivity contribution in [1.82, 2.24) is 10.2 Å². The topological polar surface area (TPSA) is 105 Å². The van der Waals surface area contributed by atoms with Gasteiger partial charge in [-0.2, -0.15) is 0 Å². The van der Waals surface area contributed by atoms with E-state index in [2.05, 4.69) is 5.32 Å². The summed E-state index contributed by atoms with van der Waals surface area (Å²) >= 11 is 0. The van der Waals surface area contributed by atoms with Crippen LogP contribution in [0.15, 0.2) is 83.8 Å². The fourth-order valence-corrected chi connectivity index (χ4v) is 5.67. The Morgan fingerprint density at radius 2 is 1.55 bits per heavy atom. The maximum absolute atomic E-state index is 14.0. The van der Waals surface area contributed by atoms with E-state index >= 15 is 0 Å². The summed E-state index contributed by atoms with van der Waals surface area (Å²) in [6, 6.07) is 20.9. The molecule has 0 saturated carbocycles. The minimum absolute atomic E-state index is 0.0111. The molecule has 0 spiro atoms. The monoisotopic (exact) mass is 567 g/mol. The Kier molecular flexibility index (Phi) is 11.0. The van der Waals surface area contributed by atoms with E-state index in [1.807, 2.05) is 19.9 Å². The van der Waals surface area contributed by atoms with Gasteiger partial charge in [0.25, 0.3) is 10.0 Å². The summed E-state index contributed by atoms with van der Waals surface area (Å²) in [4.78, 5) is 28.6. The number of nitrogens with one attached hydrogen (secondary N) is 1. The first kappa shape index (κ1) is 30.5. The summed E-state index contributed by atoms with van der Waals surface area (Å²) in [6.45, 7) is 3.84. The zero-order valence-electron chi connectivity index (χ0n) is 23.4. The summed E-state index contributed by atoms with van der Waals surface area (Å²) in [5.74, 6) is 0.322. The van der Waals surface area contributed by atoms with Crippen LogP contribution in [0.1, 0.15) is 32.3 Å². The van der Waals surface area contributed by atoms with Crippen LogP contribution in [0, 0.1) is 0 Å². The number of sulfonamides is 1. The van der Waals surface area contributed by atoms with E-state index in [0.717, 1.165) is 16.3 Å². The lowest BCUT2D eigenvalue weighted by Gasteiger charge is -2.33. The van der Waals surface area contributed by atoms with E-state index in [4.69, 9.17) is 9.47 Å². The molecule has 9 nitrogen and oxygen atoms in total. The number of amides is 2. The number of carbonyl (C=O) groups excluding carboxylic acids is 2. The fourth-order valence-electron chi connectivity index (χ4n) is 4.25. The molecule has 0 fully saturated rings. The number of methoxy groups -OCH3 is 2. The highest BCUT2D eigenvalue weighted by molar-refractivity contribution is 7.92. The molecule has 0 aliphatic rings. The molecule has 214 valence electrons. The molecule has 0 aromatic heterocycles. The first-order valence-electron chi connectivity index (χ1n) is 13.2. The molecule has 2 amide bonds. The molecule has 0 aliphatic heterocycles. The Balaban J connectivity index is 2.03. The molecular weight excluding hydrogens is 530 g/mol. The summed E-state index contributed by atoms with van der Waals surface area (Å²) in [5, 5.41) is 2.88. The maximum atomic E-state index is 14.0. The van der Waals surface area contributed by atoms with Crippen molar-refractivity contribution < 1.29 is 27.5 Å². The molecule has 3 aromatic rings. The molecular formula is C30H37N3O6S. The van der Waals surface area contributed by atoms with Crippen LogP contribution in [0.25, 0.3) is 0 Å². The van der Waals surface area contributed by atoms with Gasteiger partial charge in [0.05, 0.1) is 24.8 Å². The Morgan fingerprint density at radius 3 is 2.15 bits per heavy atom. The van der Waals surface area contributed by atoms with E-state index < -0.39 is 28.5 Å². The van der Waals surface area contributed by atoms with Crippen molar-refractivity contribution in [3.8, 4) is 11.5 Å². The summed E-state index contributed by atoms with van der Waals surface area (Å²) < 4.78 is 39.3. The predicted molar refractivity (Wildman–Crippen MR) is 155 cm³/mol. The summed E-state index contributed by atoms with van der Waals surface area (Å²) in [7, 11) is -1.10. The van der Waals surface area contributed by atoms with Crippen molar-refractivity contribution >= 4 is 27.5 Å². The van der Waals surface area contributed by atoms with Crippen molar-refractivity contribution in [1.29, 1.82) is 0 Å². The number of hydrogen-bond donors (Lipinski definition) is 1. The number of benzene rings is 3. The van der Waals surface area contributed by atoms with Crippen LogP contribution < -0.4 is 19.1 Å². The van der Waals surface area contributed by atoms with Crippen LogP contribution in [-0.4, -0.2) is 58.5 Å². The highest BCUT2D eigenvalue weighted by atomic mass is 32.2. The number of carbonyl (C=O) groups is 2. The number of rotatable bonds is 14. The van der Waals surface area contributed by atoms with Gasteiger partial charge in [-0.05, 0) is 66.9 Å². The first-order valence-corrected chi connectivity index (χ1v) is 14.6. The Hall–Kier alpha value is -4.05. The number of ether oxygens (including phenoxy) is 2. The summed E-state index contributed by atoms with van der Waals surface area (Å²) in [6.07, 6.45) is 1.09. The van der Waals surface area contributed by atoms with Gasteiger partial charge < -0.3 is 19.7 Å². The standard InChI is InChI=1S/C30H37N3O6S/c1-5-19-31-30(35)28(6-2)32(21-23-11-10-14-26(20-23)39-4)29(34)22-33(24-12-8-7-9-13-24)40(36,37)27-17-15-25(38-3)16-18-27/h7-18,20,28H,5-6,19,21-22H2,1-4H3,(H,31,35)/t28-/m0/s1. The predicted octanol–water partition coefficient (Wildman–Crippen LogP) is 4.23. The maximum Gasteiger partial charge on any atom is 0.264 e. The molecule has 40 heavy (non-hydrogen) atoms. The first-order chi connectivity index (χ1) is 19.2. The van der Waals surface area contributed by atoms with Crippen molar-refractivity contribution in [2.75, 3.05) is 31.6 Å². The van der Waals surface area contributed by atoms with Gasteiger partial charge in [0.2, 0.25) is 11.8 Å². The summed E-state index contributed by atoms with van der Waals surface area (Å²) in [5.41, 5.74) is 1.08.